The number of amides is 1. The molecule has 2 heterocycles. The molecule has 20 heavy (non-hydrogen) atoms. The summed E-state index contributed by atoms with van der Waals surface area (Å²) in [6.07, 6.45) is 3.18. The van der Waals surface area contributed by atoms with E-state index in [1.807, 2.05) is 31.2 Å². The number of aromatic amines is 1. The van der Waals surface area contributed by atoms with Crippen molar-refractivity contribution in [2.45, 2.75) is 13.0 Å². The van der Waals surface area contributed by atoms with Gasteiger partial charge in [-0.2, -0.15) is 0 Å². The molecule has 1 aromatic carbocycles. The van der Waals surface area contributed by atoms with Gasteiger partial charge in [-0.1, -0.05) is 12.1 Å². The van der Waals surface area contributed by atoms with E-state index in [9.17, 15) is 4.79 Å². The third-order valence-corrected chi connectivity index (χ3v) is 3.09. The predicted molar refractivity (Wildman–Crippen MR) is 76.2 cm³/mol. The van der Waals surface area contributed by atoms with Crippen molar-refractivity contribution in [2.24, 2.45) is 0 Å². The highest BCUT2D eigenvalue weighted by Gasteiger charge is 2.14. The topological polar surface area (TPSA) is 70.7 Å². The summed E-state index contributed by atoms with van der Waals surface area (Å²) in [5.41, 5.74) is 2.39. The van der Waals surface area contributed by atoms with Crippen molar-refractivity contribution in [3.8, 4) is 0 Å². The predicted octanol–water partition coefficient (Wildman–Crippen LogP) is 2.45. The van der Waals surface area contributed by atoms with Crippen molar-refractivity contribution in [1.29, 1.82) is 0 Å². The van der Waals surface area contributed by atoms with E-state index in [0.29, 0.717) is 5.56 Å². The van der Waals surface area contributed by atoms with Gasteiger partial charge in [0.15, 0.2) is 0 Å². The van der Waals surface area contributed by atoms with E-state index in [4.69, 9.17) is 0 Å². The Morgan fingerprint density at radius 3 is 2.85 bits per heavy atom. The van der Waals surface area contributed by atoms with Crippen LogP contribution >= 0.6 is 0 Å². The lowest BCUT2D eigenvalue weighted by atomic mass is 10.2. The molecule has 0 fully saturated rings. The fraction of sp³-hybridized carbons (Fsp3) is 0.133. The summed E-state index contributed by atoms with van der Waals surface area (Å²) in [5.74, 6) is 0.578. The second-order valence-corrected chi connectivity index (χ2v) is 4.58. The Hall–Kier alpha value is -2.69. The minimum Gasteiger partial charge on any atom is -0.342 e. The zero-order valence-corrected chi connectivity index (χ0v) is 11.0. The summed E-state index contributed by atoms with van der Waals surface area (Å²) in [5, 5.41) is 2.90. The van der Waals surface area contributed by atoms with Gasteiger partial charge in [-0.05, 0) is 31.2 Å². The summed E-state index contributed by atoms with van der Waals surface area (Å²) in [7, 11) is 0. The monoisotopic (exact) mass is 266 g/mol. The van der Waals surface area contributed by atoms with Crippen LogP contribution in [0.3, 0.4) is 0 Å². The lowest BCUT2D eigenvalue weighted by Gasteiger charge is -2.11. The van der Waals surface area contributed by atoms with Crippen molar-refractivity contribution in [3.63, 3.8) is 0 Å². The molecule has 0 unspecified atom stereocenters. The lowest BCUT2D eigenvalue weighted by Crippen LogP contribution is -2.27. The maximum absolute atomic E-state index is 12.1. The van der Waals surface area contributed by atoms with Gasteiger partial charge >= 0.3 is 0 Å². The molecule has 3 aromatic rings. The van der Waals surface area contributed by atoms with Gasteiger partial charge in [0.25, 0.3) is 5.91 Å². The zero-order valence-electron chi connectivity index (χ0n) is 11.0. The number of hydrogen-bond acceptors (Lipinski definition) is 3. The third kappa shape index (κ3) is 2.38. The van der Waals surface area contributed by atoms with Crippen LogP contribution in [0.5, 0.6) is 0 Å². The third-order valence-electron chi connectivity index (χ3n) is 3.09. The van der Waals surface area contributed by atoms with Crippen LogP contribution in [0.4, 0.5) is 0 Å². The Labute approximate surface area is 116 Å². The zero-order chi connectivity index (χ0) is 13.9. The molecule has 5 nitrogen and oxygen atoms in total. The van der Waals surface area contributed by atoms with Crippen LogP contribution < -0.4 is 5.32 Å². The van der Waals surface area contributed by atoms with Gasteiger partial charge in [0.1, 0.15) is 5.82 Å². The number of H-pyrrole nitrogens is 1. The van der Waals surface area contributed by atoms with E-state index in [0.717, 1.165) is 16.9 Å². The summed E-state index contributed by atoms with van der Waals surface area (Å²) < 4.78 is 0. The van der Waals surface area contributed by atoms with E-state index >= 15 is 0 Å². The molecule has 0 aliphatic heterocycles. The maximum atomic E-state index is 12.1. The van der Waals surface area contributed by atoms with Crippen LogP contribution in [0.25, 0.3) is 11.0 Å². The minimum absolute atomic E-state index is 0.161. The Bertz CT molecular complexity index is 703. The molecular formula is C15H14N4O. The Balaban J connectivity index is 1.79. The van der Waals surface area contributed by atoms with Crippen molar-refractivity contribution in [2.75, 3.05) is 0 Å². The first-order valence-corrected chi connectivity index (χ1v) is 6.39. The molecule has 2 aromatic heterocycles. The Morgan fingerprint density at radius 1 is 1.25 bits per heavy atom. The molecule has 5 heteroatoms. The average Bonchev–Trinajstić information content (AvgIpc) is 2.92. The van der Waals surface area contributed by atoms with Crippen LogP contribution in [-0.2, 0) is 0 Å². The van der Waals surface area contributed by atoms with E-state index in [1.54, 1.807) is 24.5 Å². The average molecular weight is 266 g/mol. The highest BCUT2D eigenvalue weighted by Crippen LogP contribution is 2.15. The van der Waals surface area contributed by atoms with E-state index in [2.05, 4.69) is 20.3 Å². The number of aromatic nitrogens is 3. The van der Waals surface area contributed by atoms with Gasteiger partial charge in [-0.15, -0.1) is 0 Å². The number of carbonyl (C=O) groups excluding carboxylic acids is 1. The van der Waals surface area contributed by atoms with Gasteiger partial charge in [0.05, 0.1) is 22.6 Å². The van der Waals surface area contributed by atoms with Crippen molar-refractivity contribution in [1.82, 2.24) is 20.3 Å². The number of hydrogen-bond donors (Lipinski definition) is 2. The molecule has 0 saturated heterocycles. The molecule has 0 radical (unpaired) electrons. The number of imidazole rings is 1. The van der Waals surface area contributed by atoms with E-state index in [-0.39, 0.29) is 11.9 Å². The SMILES string of the molecule is C[C@H](NC(=O)c1cccnc1)c1nc2ccccc2[nH]1. The maximum Gasteiger partial charge on any atom is 0.253 e. The Kier molecular flexibility index (Phi) is 3.16. The number of rotatable bonds is 3. The minimum atomic E-state index is -0.199. The molecule has 0 aliphatic carbocycles. The van der Waals surface area contributed by atoms with Crippen LogP contribution in [0.15, 0.2) is 48.8 Å². The van der Waals surface area contributed by atoms with Crippen LogP contribution in [0.1, 0.15) is 29.1 Å². The number of benzene rings is 1. The van der Waals surface area contributed by atoms with E-state index in [1.165, 1.54) is 0 Å². The van der Waals surface area contributed by atoms with Gasteiger partial charge in [-0.3, -0.25) is 9.78 Å². The first-order chi connectivity index (χ1) is 9.74. The van der Waals surface area contributed by atoms with Crippen molar-refractivity contribution in [3.05, 3.63) is 60.2 Å². The molecule has 2 N–H and O–H groups in total. The number of carbonyl (C=O) groups is 1. The highest BCUT2D eigenvalue weighted by molar-refractivity contribution is 5.94. The summed E-state index contributed by atoms with van der Waals surface area (Å²) in [6, 6.07) is 11.0. The molecule has 100 valence electrons. The molecule has 0 spiro atoms. The summed E-state index contributed by atoms with van der Waals surface area (Å²) in [4.78, 5) is 23.7. The van der Waals surface area contributed by atoms with Gasteiger partial charge in [0, 0.05) is 12.4 Å². The number of pyridine rings is 1. The largest absolute Gasteiger partial charge is 0.342 e. The van der Waals surface area contributed by atoms with Crippen molar-refractivity contribution < 1.29 is 4.79 Å². The van der Waals surface area contributed by atoms with Crippen LogP contribution in [0, 0.1) is 0 Å². The van der Waals surface area contributed by atoms with Gasteiger partial charge in [-0.25, -0.2) is 4.98 Å². The highest BCUT2D eigenvalue weighted by atomic mass is 16.1. The second kappa shape index (κ2) is 5.13. The molecule has 3 rings (SSSR count). The van der Waals surface area contributed by atoms with Crippen LogP contribution in [-0.4, -0.2) is 20.9 Å². The number of fused-ring (bicyclic) bond motifs is 1. The first-order valence-electron chi connectivity index (χ1n) is 6.39. The lowest BCUT2D eigenvalue weighted by molar-refractivity contribution is 0.0938. The normalized spacial score (nSPS) is 12.2. The Morgan fingerprint density at radius 2 is 2.10 bits per heavy atom. The number of para-hydroxylation sites is 2. The first kappa shape index (κ1) is 12.3. The molecule has 0 aliphatic rings. The quantitative estimate of drug-likeness (QED) is 0.765. The number of nitrogens with one attached hydrogen (secondary N) is 2. The summed E-state index contributed by atoms with van der Waals surface area (Å²) in [6.45, 7) is 1.89. The van der Waals surface area contributed by atoms with Crippen LogP contribution in [0.2, 0.25) is 0 Å². The molecule has 1 amide bonds. The standard InChI is InChI=1S/C15H14N4O/c1-10(17-15(20)11-5-4-8-16-9-11)14-18-12-6-2-3-7-13(12)19-14/h2-10H,1H3,(H,17,20)(H,18,19)/t10-/m0/s1. The van der Waals surface area contributed by atoms with Gasteiger partial charge in [0.2, 0.25) is 0 Å². The fourth-order valence-corrected chi connectivity index (χ4v) is 2.02. The van der Waals surface area contributed by atoms with Crippen molar-refractivity contribution >= 4 is 16.9 Å². The molecule has 1 atom stereocenters. The summed E-state index contributed by atoms with van der Waals surface area (Å²) >= 11 is 0. The smallest absolute Gasteiger partial charge is 0.253 e. The number of nitrogens with zero attached hydrogens (tertiary/aromatic N) is 2. The van der Waals surface area contributed by atoms with E-state index < -0.39 is 0 Å². The second-order valence-electron chi connectivity index (χ2n) is 4.58. The molecular weight excluding hydrogens is 252 g/mol. The fourth-order valence-electron chi connectivity index (χ4n) is 2.02. The molecule has 0 bridgehead atoms. The van der Waals surface area contributed by atoms with Gasteiger partial charge < -0.3 is 10.3 Å². The molecule has 0 saturated carbocycles.